The van der Waals surface area contributed by atoms with E-state index in [1.165, 1.54) is 5.56 Å². The standard InChI is InChI=1S/C15H22N4/c1-4-10-19-13(11-16)17-18-14(19)15(2,3)12-8-6-5-7-9-12/h5-9H,4,10-11,16H2,1-3H3. The van der Waals surface area contributed by atoms with E-state index in [0.717, 1.165) is 24.6 Å². The van der Waals surface area contributed by atoms with Crippen molar-refractivity contribution in [3.8, 4) is 0 Å². The fourth-order valence-electron chi connectivity index (χ4n) is 2.39. The Labute approximate surface area is 114 Å². The first kappa shape index (κ1) is 13.7. The summed E-state index contributed by atoms with van der Waals surface area (Å²) in [7, 11) is 0. The van der Waals surface area contributed by atoms with Crippen molar-refractivity contribution in [1.29, 1.82) is 0 Å². The van der Waals surface area contributed by atoms with Crippen LogP contribution < -0.4 is 5.73 Å². The molecule has 1 aromatic heterocycles. The summed E-state index contributed by atoms with van der Waals surface area (Å²) in [6.45, 7) is 7.85. The van der Waals surface area contributed by atoms with Gasteiger partial charge in [-0.05, 0) is 25.8 Å². The van der Waals surface area contributed by atoms with Gasteiger partial charge in [-0.15, -0.1) is 10.2 Å². The van der Waals surface area contributed by atoms with Gasteiger partial charge in [0.1, 0.15) is 11.6 Å². The van der Waals surface area contributed by atoms with Gasteiger partial charge in [0.15, 0.2) is 0 Å². The molecule has 2 aromatic rings. The van der Waals surface area contributed by atoms with Gasteiger partial charge in [0.2, 0.25) is 0 Å². The maximum Gasteiger partial charge on any atom is 0.146 e. The van der Waals surface area contributed by atoms with E-state index in [9.17, 15) is 0 Å². The molecular weight excluding hydrogens is 236 g/mol. The Morgan fingerprint density at radius 3 is 2.42 bits per heavy atom. The van der Waals surface area contributed by atoms with E-state index in [4.69, 9.17) is 5.73 Å². The fourth-order valence-corrected chi connectivity index (χ4v) is 2.39. The zero-order valence-electron chi connectivity index (χ0n) is 11.9. The average Bonchev–Trinajstić information content (AvgIpc) is 2.84. The van der Waals surface area contributed by atoms with Gasteiger partial charge < -0.3 is 10.3 Å². The van der Waals surface area contributed by atoms with E-state index in [2.05, 4.69) is 59.8 Å². The lowest BCUT2D eigenvalue weighted by Crippen LogP contribution is -2.25. The maximum atomic E-state index is 5.75. The van der Waals surface area contributed by atoms with Gasteiger partial charge in [-0.3, -0.25) is 0 Å². The minimum absolute atomic E-state index is 0.170. The summed E-state index contributed by atoms with van der Waals surface area (Å²) in [5, 5.41) is 8.62. The number of aromatic nitrogens is 3. The molecule has 0 unspecified atom stereocenters. The SMILES string of the molecule is CCCn1c(CN)nnc1C(C)(C)c1ccccc1. The second-order valence-electron chi connectivity index (χ2n) is 5.29. The van der Waals surface area contributed by atoms with E-state index in [-0.39, 0.29) is 5.41 Å². The lowest BCUT2D eigenvalue weighted by atomic mass is 9.83. The molecule has 2 rings (SSSR count). The molecule has 0 radical (unpaired) electrons. The van der Waals surface area contributed by atoms with E-state index in [0.29, 0.717) is 6.54 Å². The lowest BCUT2D eigenvalue weighted by molar-refractivity contribution is 0.516. The van der Waals surface area contributed by atoms with Gasteiger partial charge in [-0.25, -0.2) is 0 Å². The van der Waals surface area contributed by atoms with Crippen molar-refractivity contribution in [2.24, 2.45) is 5.73 Å². The third kappa shape index (κ3) is 2.54. The smallest absolute Gasteiger partial charge is 0.146 e. The average molecular weight is 258 g/mol. The summed E-state index contributed by atoms with van der Waals surface area (Å²) in [6.07, 6.45) is 1.04. The number of nitrogens with two attached hydrogens (primary N) is 1. The monoisotopic (exact) mass is 258 g/mol. The van der Waals surface area contributed by atoms with Crippen molar-refractivity contribution in [2.75, 3.05) is 0 Å². The van der Waals surface area contributed by atoms with Gasteiger partial charge in [0, 0.05) is 12.0 Å². The molecule has 0 saturated carbocycles. The van der Waals surface area contributed by atoms with Crippen LogP contribution in [0.2, 0.25) is 0 Å². The zero-order valence-corrected chi connectivity index (χ0v) is 11.9. The Kier molecular flexibility index (Phi) is 4.00. The maximum absolute atomic E-state index is 5.75. The number of hydrogen-bond donors (Lipinski definition) is 1. The van der Waals surface area contributed by atoms with Crippen LogP contribution in [0, 0.1) is 0 Å². The summed E-state index contributed by atoms with van der Waals surface area (Å²) in [4.78, 5) is 0. The summed E-state index contributed by atoms with van der Waals surface area (Å²) in [5.74, 6) is 1.85. The van der Waals surface area contributed by atoms with E-state index >= 15 is 0 Å². The molecule has 0 bridgehead atoms. The molecule has 102 valence electrons. The minimum Gasteiger partial charge on any atom is -0.324 e. The van der Waals surface area contributed by atoms with Crippen LogP contribution in [0.25, 0.3) is 0 Å². The van der Waals surface area contributed by atoms with Gasteiger partial charge in [-0.2, -0.15) is 0 Å². The first-order valence-electron chi connectivity index (χ1n) is 6.79. The minimum atomic E-state index is -0.170. The number of hydrogen-bond acceptors (Lipinski definition) is 3. The van der Waals surface area contributed by atoms with Crippen molar-refractivity contribution < 1.29 is 0 Å². The third-order valence-electron chi connectivity index (χ3n) is 3.51. The molecule has 0 amide bonds. The number of benzene rings is 1. The highest BCUT2D eigenvalue weighted by atomic mass is 15.3. The topological polar surface area (TPSA) is 56.7 Å². The van der Waals surface area contributed by atoms with Crippen molar-refractivity contribution in [2.45, 2.75) is 45.7 Å². The summed E-state index contributed by atoms with van der Waals surface area (Å²) in [5.41, 5.74) is 6.82. The molecule has 0 saturated heterocycles. The summed E-state index contributed by atoms with van der Waals surface area (Å²) >= 11 is 0. The van der Waals surface area contributed by atoms with Crippen LogP contribution in [0.1, 0.15) is 44.4 Å². The van der Waals surface area contributed by atoms with Crippen LogP contribution in [-0.4, -0.2) is 14.8 Å². The van der Waals surface area contributed by atoms with Gasteiger partial charge >= 0.3 is 0 Å². The molecule has 0 spiro atoms. The number of nitrogens with zero attached hydrogens (tertiary/aromatic N) is 3. The highest BCUT2D eigenvalue weighted by molar-refractivity contribution is 5.31. The first-order valence-corrected chi connectivity index (χ1v) is 6.79. The van der Waals surface area contributed by atoms with Crippen molar-refractivity contribution in [1.82, 2.24) is 14.8 Å². The van der Waals surface area contributed by atoms with Crippen LogP contribution >= 0.6 is 0 Å². The van der Waals surface area contributed by atoms with Crippen LogP contribution in [0.3, 0.4) is 0 Å². The Morgan fingerprint density at radius 2 is 1.84 bits per heavy atom. The predicted octanol–water partition coefficient (Wildman–Crippen LogP) is 2.47. The molecular formula is C15H22N4. The second-order valence-corrected chi connectivity index (χ2v) is 5.29. The Hall–Kier alpha value is -1.68. The molecule has 4 nitrogen and oxygen atoms in total. The molecule has 1 aromatic carbocycles. The fraction of sp³-hybridized carbons (Fsp3) is 0.467. The lowest BCUT2D eigenvalue weighted by Gasteiger charge is -2.25. The van der Waals surface area contributed by atoms with Crippen molar-refractivity contribution >= 4 is 0 Å². The largest absolute Gasteiger partial charge is 0.324 e. The van der Waals surface area contributed by atoms with Gasteiger partial charge in [0.25, 0.3) is 0 Å². The Bertz CT molecular complexity index is 528. The first-order chi connectivity index (χ1) is 9.11. The Balaban J connectivity index is 2.48. The highest BCUT2D eigenvalue weighted by Crippen LogP contribution is 2.30. The van der Waals surface area contributed by atoms with Crippen LogP contribution in [0.5, 0.6) is 0 Å². The van der Waals surface area contributed by atoms with Crippen molar-refractivity contribution in [3.05, 3.63) is 47.5 Å². The highest BCUT2D eigenvalue weighted by Gasteiger charge is 2.29. The van der Waals surface area contributed by atoms with Gasteiger partial charge in [0.05, 0.1) is 6.54 Å². The Morgan fingerprint density at radius 1 is 1.16 bits per heavy atom. The van der Waals surface area contributed by atoms with Crippen LogP contribution in [-0.2, 0) is 18.5 Å². The molecule has 0 aliphatic heterocycles. The van der Waals surface area contributed by atoms with Crippen LogP contribution in [0.4, 0.5) is 0 Å². The van der Waals surface area contributed by atoms with E-state index in [1.807, 2.05) is 6.07 Å². The second kappa shape index (κ2) is 5.53. The zero-order chi connectivity index (χ0) is 13.9. The van der Waals surface area contributed by atoms with Crippen LogP contribution in [0.15, 0.2) is 30.3 Å². The molecule has 0 fully saturated rings. The number of rotatable bonds is 5. The molecule has 2 N–H and O–H groups in total. The molecule has 0 aliphatic carbocycles. The summed E-state index contributed by atoms with van der Waals surface area (Å²) < 4.78 is 2.16. The van der Waals surface area contributed by atoms with E-state index in [1.54, 1.807) is 0 Å². The molecule has 19 heavy (non-hydrogen) atoms. The van der Waals surface area contributed by atoms with Gasteiger partial charge in [-0.1, -0.05) is 37.3 Å². The van der Waals surface area contributed by atoms with E-state index < -0.39 is 0 Å². The molecule has 0 aliphatic rings. The van der Waals surface area contributed by atoms with Crippen molar-refractivity contribution in [3.63, 3.8) is 0 Å². The normalized spacial score (nSPS) is 11.8. The quantitative estimate of drug-likeness (QED) is 0.896. The summed E-state index contributed by atoms with van der Waals surface area (Å²) in [6, 6.07) is 10.4. The third-order valence-corrected chi connectivity index (χ3v) is 3.51. The molecule has 4 heteroatoms. The molecule has 0 atom stereocenters. The molecule has 1 heterocycles. The predicted molar refractivity (Wildman–Crippen MR) is 76.8 cm³/mol.